The topological polar surface area (TPSA) is 82.5 Å². The van der Waals surface area contributed by atoms with Crippen LogP contribution in [0.3, 0.4) is 0 Å². The zero-order chi connectivity index (χ0) is 21.1. The van der Waals surface area contributed by atoms with E-state index in [1.807, 2.05) is 44.2 Å². The predicted octanol–water partition coefficient (Wildman–Crippen LogP) is 2.83. The fourth-order valence-corrected chi connectivity index (χ4v) is 3.74. The molecule has 1 atom stereocenters. The Balaban J connectivity index is 1.42. The summed E-state index contributed by atoms with van der Waals surface area (Å²) in [6, 6.07) is 11.2. The summed E-state index contributed by atoms with van der Waals surface area (Å²) in [7, 11) is 0. The van der Waals surface area contributed by atoms with E-state index in [4.69, 9.17) is 9.47 Å². The minimum absolute atomic E-state index is 0.100. The summed E-state index contributed by atoms with van der Waals surface area (Å²) in [4.78, 5) is 24.4. The maximum Gasteiger partial charge on any atom is 0.222 e. The van der Waals surface area contributed by atoms with E-state index in [1.54, 1.807) is 10.7 Å². The van der Waals surface area contributed by atoms with Crippen LogP contribution < -0.4 is 20.2 Å². The van der Waals surface area contributed by atoms with Crippen LogP contribution in [0.25, 0.3) is 10.9 Å². The second-order valence-corrected chi connectivity index (χ2v) is 7.41. The Hall–Kier alpha value is -3.35. The van der Waals surface area contributed by atoms with Crippen molar-refractivity contribution >= 4 is 16.8 Å². The number of benzene rings is 2. The average molecular weight is 407 g/mol. The van der Waals surface area contributed by atoms with Crippen LogP contribution in [0.15, 0.2) is 47.4 Å². The molecule has 1 N–H and O–H groups in total. The molecule has 30 heavy (non-hydrogen) atoms. The summed E-state index contributed by atoms with van der Waals surface area (Å²) in [6.07, 6.45) is 2.56. The second-order valence-electron chi connectivity index (χ2n) is 7.41. The van der Waals surface area contributed by atoms with Crippen LogP contribution in [0.4, 0.5) is 0 Å². The summed E-state index contributed by atoms with van der Waals surface area (Å²) in [5, 5.41) is 7.72. The number of carbonyl (C=O) groups excluding carboxylic acids is 1. The second kappa shape index (κ2) is 8.57. The number of rotatable bonds is 7. The molecule has 3 aromatic rings. The summed E-state index contributed by atoms with van der Waals surface area (Å²) < 4.78 is 13.3. The molecule has 0 spiro atoms. The number of nitrogens with zero attached hydrogens (tertiary/aromatic N) is 2. The Labute approximate surface area is 174 Å². The molecule has 1 aromatic heterocycles. The molecular weight excluding hydrogens is 382 g/mol. The molecule has 1 aliphatic rings. The van der Waals surface area contributed by atoms with Crippen molar-refractivity contribution < 1.29 is 14.3 Å². The predicted molar refractivity (Wildman–Crippen MR) is 114 cm³/mol. The van der Waals surface area contributed by atoms with Gasteiger partial charge in [-0.15, -0.1) is 0 Å². The number of ether oxygens (including phenoxy) is 2. The van der Waals surface area contributed by atoms with Crippen molar-refractivity contribution in [3.8, 4) is 11.5 Å². The lowest BCUT2D eigenvalue weighted by molar-refractivity contribution is -0.121. The Bertz CT molecular complexity index is 1140. The van der Waals surface area contributed by atoms with Gasteiger partial charge in [0.25, 0.3) is 0 Å². The zero-order valence-electron chi connectivity index (χ0n) is 17.2. The van der Waals surface area contributed by atoms with Gasteiger partial charge in [0.1, 0.15) is 17.6 Å². The van der Waals surface area contributed by atoms with Crippen molar-refractivity contribution in [2.45, 2.75) is 45.9 Å². The fraction of sp³-hybridized carbons (Fsp3) is 0.348. The van der Waals surface area contributed by atoms with Gasteiger partial charge in [-0.3, -0.25) is 14.3 Å². The maximum atomic E-state index is 12.5. The summed E-state index contributed by atoms with van der Waals surface area (Å²) in [5.74, 6) is 1.54. The van der Waals surface area contributed by atoms with E-state index >= 15 is 0 Å². The average Bonchev–Trinajstić information content (AvgIpc) is 3.11. The van der Waals surface area contributed by atoms with Crippen LogP contribution in [0.5, 0.6) is 11.5 Å². The molecule has 0 saturated carbocycles. The number of aromatic nitrogens is 2. The summed E-state index contributed by atoms with van der Waals surface area (Å²) in [6.45, 7) is 5.28. The fourth-order valence-electron chi connectivity index (χ4n) is 3.74. The molecule has 7 heteroatoms. The number of nitrogens with one attached hydrogen (secondary N) is 1. The van der Waals surface area contributed by atoms with Crippen molar-refractivity contribution in [1.29, 1.82) is 0 Å². The molecule has 156 valence electrons. The molecule has 0 unspecified atom stereocenters. The number of hydrogen-bond acceptors (Lipinski definition) is 5. The smallest absolute Gasteiger partial charge is 0.222 e. The Morgan fingerprint density at radius 1 is 1.33 bits per heavy atom. The van der Waals surface area contributed by atoms with E-state index in [-0.39, 0.29) is 23.9 Å². The van der Waals surface area contributed by atoms with E-state index in [2.05, 4.69) is 10.4 Å². The number of carbonyl (C=O) groups is 1. The molecule has 0 radical (unpaired) electrons. The molecule has 4 rings (SSSR count). The van der Waals surface area contributed by atoms with Gasteiger partial charge in [-0.05, 0) is 38.1 Å². The normalized spacial score (nSPS) is 14.9. The lowest BCUT2D eigenvalue weighted by atomic mass is 10.1. The van der Waals surface area contributed by atoms with Gasteiger partial charge in [0.2, 0.25) is 11.3 Å². The number of amides is 1. The van der Waals surface area contributed by atoms with Crippen LogP contribution in [-0.2, 0) is 24.3 Å². The van der Waals surface area contributed by atoms with E-state index in [9.17, 15) is 9.59 Å². The van der Waals surface area contributed by atoms with Crippen LogP contribution >= 0.6 is 0 Å². The summed E-state index contributed by atoms with van der Waals surface area (Å²) >= 11 is 0. The van der Waals surface area contributed by atoms with Crippen LogP contribution in [0, 0.1) is 0 Å². The highest BCUT2D eigenvalue weighted by atomic mass is 16.5. The van der Waals surface area contributed by atoms with Gasteiger partial charge >= 0.3 is 0 Å². The van der Waals surface area contributed by atoms with Crippen LogP contribution in [-0.4, -0.2) is 28.4 Å². The quantitative estimate of drug-likeness (QED) is 0.651. The maximum absolute atomic E-state index is 12.5. The first-order valence-corrected chi connectivity index (χ1v) is 10.2. The van der Waals surface area contributed by atoms with Gasteiger partial charge in [-0.2, -0.15) is 5.10 Å². The minimum atomic E-state index is -0.122. The van der Waals surface area contributed by atoms with Crippen molar-refractivity contribution in [2.75, 3.05) is 6.61 Å². The molecular formula is C23H25N3O4. The van der Waals surface area contributed by atoms with Crippen molar-refractivity contribution in [2.24, 2.45) is 0 Å². The van der Waals surface area contributed by atoms with Crippen LogP contribution in [0.1, 0.15) is 31.4 Å². The highest BCUT2D eigenvalue weighted by Gasteiger charge is 2.22. The Morgan fingerprint density at radius 2 is 2.17 bits per heavy atom. The molecule has 1 aliphatic heterocycles. The molecule has 0 bridgehead atoms. The molecule has 2 aromatic carbocycles. The first-order chi connectivity index (χ1) is 14.5. The van der Waals surface area contributed by atoms with Crippen LogP contribution in [0.2, 0.25) is 0 Å². The third kappa shape index (κ3) is 4.15. The van der Waals surface area contributed by atoms with Gasteiger partial charge in [0.05, 0.1) is 24.9 Å². The molecule has 0 aliphatic carbocycles. The Kier molecular flexibility index (Phi) is 5.70. The van der Waals surface area contributed by atoms with E-state index < -0.39 is 0 Å². The van der Waals surface area contributed by atoms with Gasteiger partial charge in [0.15, 0.2) is 0 Å². The van der Waals surface area contributed by atoms with E-state index in [0.29, 0.717) is 25.1 Å². The number of para-hydroxylation sites is 1. The third-order valence-corrected chi connectivity index (χ3v) is 5.17. The van der Waals surface area contributed by atoms with Crippen molar-refractivity contribution in [3.05, 3.63) is 63.9 Å². The standard InChI is InChI=1S/C23H25N3O4/c1-3-29-21-11-16-10-15(2)30-22(16)12-17(21)13-24-23(28)8-9-26-19-7-5-4-6-18(19)20(27)14-25-26/h4-7,11-12,14-15H,3,8-10,13H2,1-2H3,(H,24,28)/t15-/m1/s1. The Morgan fingerprint density at radius 3 is 3.00 bits per heavy atom. The molecule has 0 fully saturated rings. The number of aryl methyl sites for hydroxylation is 1. The number of fused-ring (bicyclic) bond motifs is 2. The largest absolute Gasteiger partial charge is 0.494 e. The molecule has 0 saturated heterocycles. The van der Waals surface area contributed by atoms with E-state index in [1.165, 1.54) is 6.20 Å². The summed E-state index contributed by atoms with van der Waals surface area (Å²) in [5.41, 5.74) is 2.63. The zero-order valence-corrected chi connectivity index (χ0v) is 17.2. The third-order valence-electron chi connectivity index (χ3n) is 5.17. The van der Waals surface area contributed by atoms with Gasteiger partial charge in [-0.25, -0.2) is 0 Å². The van der Waals surface area contributed by atoms with Gasteiger partial charge in [-0.1, -0.05) is 12.1 Å². The number of hydrogen-bond donors (Lipinski definition) is 1. The molecule has 2 heterocycles. The van der Waals surface area contributed by atoms with E-state index in [0.717, 1.165) is 34.6 Å². The highest BCUT2D eigenvalue weighted by Crippen LogP contribution is 2.35. The van der Waals surface area contributed by atoms with Gasteiger partial charge in [0, 0.05) is 35.9 Å². The lowest BCUT2D eigenvalue weighted by Crippen LogP contribution is -2.25. The molecule has 7 nitrogen and oxygen atoms in total. The first kappa shape index (κ1) is 19.9. The highest BCUT2D eigenvalue weighted by molar-refractivity contribution is 5.79. The van der Waals surface area contributed by atoms with Gasteiger partial charge < -0.3 is 14.8 Å². The van der Waals surface area contributed by atoms with Crippen molar-refractivity contribution in [3.63, 3.8) is 0 Å². The minimum Gasteiger partial charge on any atom is -0.494 e. The lowest BCUT2D eigenvalue weighted by Gasteiger charge is -2.14. The SMILES string of the molecule is CCOc1cc2c(cc1CNC(=O)CCn1ncc(=O)c3ccccc31)O[C@H](C)C2. The first-order valence-electron chi connectivity index (χ1n) is 10.2. The van der Waals surface area contributed by atoms with Crippen molar-refractivity contribution in [1.82, 2.24) is 15.1 Å². The monoisotopic (exact) mass is 407 g/mol. The molecule has 1 amide bonds.